The zero-order chi connectivity index (χ0) is 18.3. The smallest absolute Gasteiger partial charge is 0.0900 e. The number of H-pyrrole nitrogens is 1. The molecule has 0 fully saturated rings. The van der Waals surface area contributed by atoms with Gasteiger partial charge in [0.1, 0.15) is 0 Å². The van der Waals surface area contributed by atoms with Gasteiger partial charge in [-0.1, -0.05) is 88.6 Å². The van der Waals surface area contributed by atoms with Crippen molar-refractivity contribution >= 4 is 0 Å². The van der Waals surface area contributed by atoms with E-state index < -0.39 is 0 Å². The predicted molar refractivity (Wildman–Crippen MR) is 109 cm³/mol. The Bertz CT molecular complexity index is 565. The van der Waals surface area contributed by atoms with Crippen LogP contribution in [0.15, 0.2) is 30.3 Å². The van der Waals surface area contributed by atoms with Crippen LogP contribution in [0.5, 0.6) is 0 Å². The fourth-order valence-corrected chi connectivity index (χ4v) is 3.30. The Morgan fingerprint density at radius 1 is 0.769 bits per heavy atom. The third-order valence-electron chi connectivity index (χ3n) is 4.91. The van der Waals surface area contributed by atoms with Crippen molar-refractivity contribution in [3.05, 3.63) is 47.3 Å². The number of aromatic amines is 1. The molecule has 0 saturated heterocycles. The van der Waals surface area contributed by atoms with Gasteiger partial charge in [0.25, 0.3) is 0 Å². The molecule has 0 unspecified atom stereocenters. The first kappa shape index (κ1) is 20.6. The van der Waals surface area contributed by atoms with E-state index in [-0.39, 0.29) is 0 Å². The lowest BCUT2D eigenvalue weighted by atomic mass is 10.1. The summed E-state index contributed by atoms with van der Waals surface area (Å²) in [6.45, 7) is 4.37. The largest absolute Gasteiger partial charge is 0.316 e. The van der Waals surface area contributed by atoms with Gasteiger partial charge < -0.3 is 5.32 Å². The van der Waals surface area contributed by atoms with Crippen LogP contribution in [0.25, 0.3) is 0 Å². The van der Waals surface area contributed by atoms with Gasteiger partial charge in [0, 0.05) is 19.4 Å². The van der Waals surface area contributed by atoms with Gasteiger partial charge in [0.05, 0.1) is 11.4 Å². The molecule has 0 aliphatic rings. The van der Waals surface area contributed by atoms with Gasteiger partial charge in [-0.3, -0.25) is 0 Å². The van der Waals surface area contributed by atoms with Crippen molar-refractivity contribution in [1.29, 1.82) is 0 Å². The van der Waals surface area contributed by atoms with Crippen LogP contribution in [0.3, 0.4) is 0 Å². The van der Waals surface area contributed by atoms with Gasteiger partial charge in [0.2, 0.25) is 0 Å². The van der Waals surface area contributed by atoms with E-state index in [1.165, 1.54) is 63.4 Å². The molecule has 0 aliphatic carbocycles. The quantitative estimate of drug-likeness (QED) is 0.439. The van der Waals surface area contributed by atoms with Crippen LogP contribution < -0.4 is 5.32 Å². The molecule has 0 radical (unpaired) electrons. The molecule has 4 heteroatoms. The van der Waals surface area contributed by atoms with E-state index in [2.05, 4.69) is 51.9 Å². The molecule has 0 atom stereocenters. The minimum Gasteiger partial charge on any atom is -0.316 e. The van der Waals surface area contributed by atoms with Crippen molar-refractivity contribution < 1.29 is 0 Å². The number of unbranched alkanes of at least 4 members (excludes halogenated alkanes) is 8. The van der Waals surface area contributed by atoms with Gasteiger partial charge >= 0.3 is 0 Å². The van der Waals surface area contributed by atoms with Gasteiger partial charge in [0.15, 0.2) is 0 Å². The minimum absolute atomic E-state index is 0.852. The summed E-state index contributed by atoms with van der Waals surface area (Å²) >= 11 is 0. The second kappa shape index (κ2) is 13.5. The number of benzene rings is 1. The molecule has 2 aromatic rings. The number of nitrogens with zero attached hydrogens (tertiary/aromatic N) is 2. The van der Waals surface area contributed by atoms with Crippen molar-refractivity contribution in [2.45, 2.75) is 77.6 Å². The van der Waals surface area contributed by atoms with E-state index >= 15 is 0 Å². The average Bonchev–Trinajstić information content (AvgIpc) is 3.10. The monoisotopic (exact) mass is 356 g/mol. The third kappa shape index (κ3) is 8.61. The number of aromatic nitrogens is 3. The molecule has 4 nitrogen and oxygen atoms in total. The predicted octanol–water partition coefficient (Wildman–Crippen LogP) is 5.06. The van der Waals surface area contributed by atoms with E-state index in [0.29, 0.717) is 0 Å². The zero-order valence-corrected chi connectivity index (χ0v) is 16.5. The van der Waals surface area contributed by atoms with Crippen molar-refractivity contribution in [3.8, 4) is 0 Å². The molecular formula is C22H36N4. The summed E-state index contributed by atoms with van der Waals surface area (Å²) in [5.41, 5.74) is 3.44. The molecule has 0 bridgehead atoms. The first-order chi connectivity index (χ1) is 12.9. The minimum atomic E-state index is 0.852. The van der Waals surface area contributed by atoms with E-state index in [0.717, 1.165) is 37.3 Å². The SMILES string of the molecule is CCCCCCCCCCCNCCc1n[nH]nc1Cc1ccccc1. The highest BCUT2D eigenvalue weighted by Gasteiger charge is 2.08. The Morgan fingerprint density at radius 2 is 1.42 bits per heavy atom. The fraction of sp³-hybridized carbons (Fsp3) is 0.636. The normalized spacial score (nSPS) is 11.1. The second-order valence-electron chi connectivity index (χ2n) is 7.21. The summed E-state index contributed by atoms with van der Waals surface area (Å²) in [5, 5.41) is 15.0. The first-order valence-electron chi connectivity index (χ1n) is 10.5. The lowest BCUT2D eigenvalue weighted by molar-refractivity contribution is 0.548. The molecule has 0 amide bonds. The van der Waals surface area contributed by atoms with Crippen molar-refractivity contribution in [2.24, 2.45) is 0 Å². The van der Waals surface area contributed by atoms with Crippen molar-refractivity contribution in [1.82, 2.24) is 20.7 Å². The Labute approximate surface area is 159 Å². The summed E-state index contributed by atoms with van der Waals surface area (Å²) < 4.78 is 0. The molecular weight excluding hydrogens is 320 g/mol. The maximum absolute atomic E-state index is 4.33. The molecule has 1 heterocycles. The van der Waals surface area contributed by atoms with Crippen LogP contribution in [0.4, 0.5) is 0 Å². The van der Waals surface area contributed by atoms with Crippen LogP contribution >= 0.6 is 0 Å². The van der Waals surface area contributed by atoms with Crippen LogP contribution in [0, 0.1) is 0 Å². The number of hydrogen-bond donors (Lipinski definition) is 2. The summed E-state index contributed by atoms with van der Waals surface area (Å²) in [5.74, 6) is 0. The zero-order valence-electron chi connectivity index (χ0n) is 16.5. The Morgan fingerprint density at radius 3 is 2.15 bits per heavy atom. The van der Waals surface area contributed by atoms with Crippen LogP contribution in [-0.4, -0.2) is 28.5 Å². The Hall–Kier alpha value is -1.68. The molecule has 2 rings (SSSR count). The van der Waals surface area contributed by atoms with E-state index in [9.17, 15) is 0 Å². The molecule has 1 aromatic carbocycles. The summed E-state index contributed by atoms with van der Waals surface area (Å²) in [4.78, 5) is 0. The standard InChI is InChI=1S/C22H36N4/c1-2-3-4-5-6-7-8-9-13-17-23-18-16-21-22(25-26-24-21)19-20-14-11-10-12-15-20/h10-12,14-15,23H,2-9,13,16-19H2,1H3,(H,24,25,26). The van der Waals surface area contributed by atoms with E-state index in [1.54, 1.807) is 0 Å². The van der Waals surface area contributed by atoms with Gasteiger partial charge in [-0.15, -0.1) is 0 Å². The molecule has 26 heavy (non-hydrogen) atoms. The van der Waals surface area contributed by atoms with Gasteiger partial charge in [-0.05, 0) is 18.5 Å². The second-order valence-corrected chi connectivity index (χ2v) is 7.21. The Kier molecular flexibility index (Phi) is 10.7. The summed E-state index contributed by atoms with van der Waals surface area (Å²) in [7, 11) is 0. The highest BCUT2D eigenvalue weighted by Crippen LogP contribution is 2.11. The summed E-state index contributed by atoms with van der Waals surface area (Å²) in [6, 6.07) is 10.5. The number of nitrogens with one attached hydrogen (secondary N) is 2. The van der Waals surface area contributed by atoms with E-state index in [1.807, 2.05) is 6.07 Å². The molecule has 0 saturated carbocycles. The van der Waals surface area contributed by atoms with Crippen LogP contribution in [-0.2, 0) is 12.8 Å². The fourth-order valence-electron chi connectivity index (χ4n) is 3.30. The highest BCUT2D eigenvalue weighted by molar-refractivity contribution is 5.23. The number of hydrogen-bond acceptors (Lipinski definition) is 3. The maximum Gasteiger partial charge on any atom is 0.0900 e. The van der Waals surface area contributed by atoms with Crippen LogP contribution in [0.1, 0.15) is 81.7 Å². The topological polar surface area (TPSA) is 53.6 Å². The van der Waals surface area contributed by atoms with Crippen molar-refractivity contribution in [2.75, 3.05) is 13.1 Å². The average molecular weight is 357 g/mol. The van der Waals surface area contributed by atoms with E-state index in [4.69, 9.17) is 0 Å². The summed E-state index contributed by atoms with van der Waals surface area (Å²) in [6.07, 6.45) is 14.2. The highest BCUT2D eigenvalue weighted by atomic mass is 15.3. The molecule has 0 aliphatic heterocycles. The lowest BCUT2D eigenvalue weighted by Crippen LogP contribution is -2.19. The van der Waals surface area contributed by atoms with Crippen molar-refractivity contribution in [3.63, 3.8) is 0 Å². The van der Waals surface area contributed by atoms with Crippen LogP contribution in [0.2, 0.25) is 0 Å². The number of rotatable bonds is 15. The molecule has 1 aromatic heterocycles. The van der Waals surface area contributed by atoms with Gasteiger partial charge in [-0.2, -0.15) is 15.4 Å². The van der Waals surface area contributed by atoms with Gasteiger partial charge in [-0.25, -0.2) is 0 Å². The maximum atomic E-state index is 4.33. The molecule has 2 N–H and O–H groups in total. The third-order valence-corrected chi connectivity index (χ3v) is 4.91. The Balaban J connectivity index is 1.48. The first-order valence-corrected chi connectivity index (χ1v) is 10.5. The molecule has 0 spiro atoms. The molecule has 144 valence electrons. The lowest BCUT2D eigenvalue weighted by Gasteiger charge is -2.05.